The lowest BCUT2D eigenvalue weighted by molar-refractivity contribution is -0.0414. The van der Waals surface area contributed by atoms with Crippen LogP contribution < -0.4 is 5.32 Å². The Labute approximate surface area is 118 Å². The number of nitrogens with one attached hydrogen (secondary N) is 1. The number of hydrogen-bond acceptors (Lipinski definition) is 3. The first-order valence-corrected chi connectivity index (χ1v) is 8.22. The van der Waals surface area contributed by atoms with Gasteiger partial charge in [-0.3, -0.25) is 0 Å². The molecule has 0 aromatic rings. The first-order chi connectivity index (χ1) is 9.21. The summed E-state index contributed by atoms with van der Waals surface area (Å²) in [6.45, 7) is 5.57. The molecule has 3 heteroatoms. The van der Waals surface area contributed by atoms with Gasteiger partial charge in [-0.1, -0.05) is 33.1 Å². The molecule has 2 rings (SSSR count). The van der Waals surface area contributed by atoms with Crippen LogP contribution in [-0.2, 0) is 4.74 Å². The second kappa shape index (κ2) is 7.05. The maximum Gasteiger partial charge on any atom is 0.0614 e. The third-order valence-corrected chi connectivity index (χ3v) is 5.11. The van der Waals surface area contributed by atoms with Crippen molar-refractivity contribution in [1.82, 2.24) is 5.32 Å². The van der Waals surface area contributed by atoms with Gasteiger partial charge in [-0.05, 0) is 44.6 Å². The van der Waals surface area contributed by atoms with E-state index >= 15 is 0 Å². The zero-order valence-electron chi connectivity index (χ0n) is 12.7. The zero-order valence-corrected chi connectivity index (χ0v) is 12.7. The highest BCUT2D eigenvalue weighted by atomic mass is 16.5. The molecule has 3 nitrogen and oxygen atoms in total. The number of aliphatic hydroxyl groups is 1. The number of rotatable bonds is 6. The summed E-state index contributed by atoms with van der Waals surface area (Å²) in [5.41, 5.74) is -0.0712. The van der Waals surface area contributed by atoms with Crippen molar-refractivity contribution < 1.29 is 9.84 Å². The molecule has 0 radical (unpaired) electrons. The SMILES string of the molecule is CCNC1(CO)CCC(OC2CCCC(CC)C2)C1. The molecule has 2 aliphatic carbocycles. The van der Waals surface area contributed by atoms with E-state index in [9.17, 15) is 5.11 Å². The highest BCUT2D eigenvalue weighted by Crippen LogP contribution is 2.35. The molecule has 2 saturated carbocycles. The Kier molecular flexibility index (Phi) is 5.67. The van der Waals surface area contributed by atoms with Gasteiger partial charge in [0.15, 0.2) is 0 Å². The van der Waals surface area contributed by atoms with Crippen LogP contribution in [0, 0.1) is 5.92 Å². The van der Waals surface area contributed by atoms with Crippen molar-refractivity contribution in [3.63, 3.8) is 0 Å². The molecule has 0 aromatic heterocycles. The summed E-state index contributed by atoms with van der Waals surface area (Å²) in [5.74, 6) is 0.872. The third kappa shape index (κ3) is 3.93. The Bertz CT molecular complexity index is 271. The van der Waals surface area contributed by atoms with Crippen LogP contribution in [0.25, 0.3) is 0 Å². The van der Waals surface area contributed by atoms with E-state index in [0.29, 0.717) is 12.2 Å². The predicted molar refractivity (Wildman–Crippen MR) is 78.3 cm³/mol. The van der Waals surface area contributed by atoms with Gasteiger partial charge in [-0.2, -0.15) is 0 Å². The fraction of sp³-hybridized carbons (Fsp3) is 1.00. The number of ether oxygens (including phenoxy) is 1. The number of aliphatic hydroxyl groups excluding tert-OH is 1. The summed E-state index contributed by atoms with van der Waals surface area (Å²) >= 11 is 0. The second-order valence-electron chi connectivity index (χ2n) is 6.53. The summed E-state index contributed by atoms with van der Waals surface area (Å²) in [6.07, 6.45) is 10.4. The summed E-state index contributed by atoms with van der Waals surface area (Å²) in [5, 5.41) is 13.1. The Morgan fingerprint density at radius 1 is 1.21 bits per heavy atom. The highest BCUT2D eigenvalue weighted by Gasteiger charge is 2.39. The average molecular weight is 269 g/mol. The van der Waals surface area contributed by atoms with Gasteiger partial charge in [-0.15, -0.1) is 0 Å². The topological polar surface area (TPSA) is 41.5 Å². The van der Waals surface area contributed by atoms with Crippen molar-refractivity contribution in [2.24, 2.45) is 5.92 Å². The summed E-state index contributed by atoms with van der Waals surface area (Å²) in [6, 6.07) is 0. The van der Waals surface area contributed by atoms with Crippen LogP contribution in [-0.4, -0.2) is 36.0 Å². The normalized spacial score (nSPS) is 39.6. The maximum atomic E-state index is 9.63. The quantitative estimate of drug-likeness (QED) is 0.779. The van der Waals surface area contributed by atoms with Gasteiger partial charge in [0, 0.05) is 5.54 Å². The molecule has 2 aliphatic rings. The van der Waals surface area contributed by atoms with Crippen molar-refractivity contribution in [3.05, 3.63) is 0 Å². The zero-order chi connectivity index (χ0) is 13.7. The van der Waals surface area contributed by atoms with Crippen LogP contribution in [0.15, 0.2) is 0 Å². The molecular formula is C16H31NO2. The first-order valence-electron chi connectivity index (χ1n) is 8.22. The molecule has 112 valence electrons. The molecule has 0 aromatic carbocycles. The van der Waals surface area contributed by atoms with Crippen molar-refractivity contribution in [1.29, 1.82) is 0 Å². The lowest BCUT2D eigenvalue weighted by atomic mass is 9.85. The molecule has 2 N–H and O–H groups in total. The van der Waals surface area contributed by atoms with E-state index in [0.717, 1.165) is 31.7 Å². The second-order valence-corrected chi connectivity index (χ2v) is 6.53. The molecule has 19 heavy (non-hydrogen) atoms. The van der Waals surface area contributed by atoms with Crippen molar-refractivity contribution in [2.45, 2.75) is 83.0 Å². The minimum Gasteiger partial charge on any atom is -0.394 e. The van der Waals surface area contributed by atoms with E-state index < -0.39 is 0 Å². The predicted octanol–water partition coefficient (Wildman–Crippen LogP) is 2.86. The van der Waals surface area contributed by atoms with Crippen molar-refractivity contribution >= 4 is 0 Å². The van der Waals surface area contributed by atoms with Crippen LogP contribution in [0.1, 0.15) is 65.2 Å². The Morgan fingerprint density at radius 3 is 2.74 bits per heavy atom. The van der Waals surface area contributed by atoms with Gasteiger partial charge < -0.3 is 15.2 Å². The van der Waals surface area contributed by atoms with Crippen molar-refractivity contribution in [2.75, 3.05) is 13.2 Å². The van der Waals surface area contributed by atoms with Gasteiger partial charge >= 0.3 is 0 Å². The average Bonchev–Trinajstić information content (AvgIpc) is 2.83. The molecule has 0 amide bonds. The first kappa shape index (κ1) is 15.3. The Morgan fingerprint density at radius 2 is 2.05 bits per heavy atom. The van der Waals surface area contributed by atoms with E-state index in [1.165, 1.54) is 32.1 Å². The van der Waals surface area contributed by atoms with E-state index in [1.54, 1.807) is 0 Å². The fourth-order valence-electron chi connectivity index (χ4n) is 3.94. The summed E-state index contributed by atoms with van der Waals surface area (Å²) in [7, 11) is 0. The summed E-state index contributed by atoms with van der Waals surface area (Å²) < 4.78 is 6.34. The molecule has 4 atom stereocenters. The minimum atomic E-state index is -0.0712. The van der Waals surface area contributed by atoms with Gasteiger partial charge in [-0.25, -0.2) is 0 Å². The lowest BCUT2D eigenvalue weighted by Gasteiger charge is -2.32. The van der Waals surface area contributed by atoms with Crippen LogP contribution in [0.2, 0.25) is 0 Å². The van der Waals surface area contributed by atoms with E-state index in [4.69, 9.17) is 4.74 Å². The largest absolute Gasteiger partial charge is 0.394 e. The van der Waals surface area contributed by atoms with Gasteiger partial charge in [0.25, 0.3) is 0 Å². The van der Waals surface area contributed by atoms with Crippen LogP contribution >= 0.6 is 0 Å². The van der Waals surface area contributed by atoms with Crippen LogP contribution in [0.5, 0.6) is 0 Å². The van der Waals surface area contributed by atoms with Gasteiger partial charge in [0.2, 0.25) is 0 Å². The lowest BCUT2D eigenvalue weighted by Crippen LogP contribution is -2.46. The van der Waals surface area contributed by atoms with Crippen molar-refractivity contribution in [3.8, 4) is 0 Å². The Hall–Kier alpha value is -0.120. The van der Waals surface area contributed by atoms with Gasteiger partial charge in [0.1, 0.15) is 0 Å². The fourth-order valence-corrected chi connectivity index (χ4v) is 3.94. The van der Waals surface area contributed by atoms with Crippen LogP contribution in [0.3, 0.4) is 0 Å². The molecule has 0 heterocycles. The van der Waals surface area contributed by atoms with E-state index in [2.05, 4.69) is 19.2 Å². The van der Waals surface area contributed by atoms with E-state index in [-0.39, 0.29) is 12.1 Å². The van der Waals surface area contributed by atoms with Gasteiger partial charge in [0.05, 0.1) is 18.8 Å². The highest BCUT2D eigenvalue weighted by molar-refractivity contribution is 4.96. The molecule has 0 aliphatic heterocycles. The molecule has 2 fully saturated rings. The third-order valence-electron chi connectivity index (χ3n) is 5.11. The smallest absolute Gasteiger partial charge is 0.0614 e. The molecular weight excluding hydrogens is 238 g/mol. The maximum absolute atomic E-state index is 9.63. The Balaban J connectivity index is 1.81. The number of hydrogen-bond donors (Lipinski definition) is 2. The molecule has 0 spiro atoms. The summed E-state index contributed by atoms with van der Waals surface area (Å²) in [4.78, 5) is 0. The molecule has 4 unspecified atom stereocenters. The minimum absolute atomic E-state index is 0.0712. The standard InChI is InChI=1S/C16H31NO2/c1-3-13-6-5-7-14(10-13)19-15-8-9-16(11-15,12-18)17-4-2/h13-15,17-18H,3-12H2,1-2H3. The monoisotopic (exact) mass is 269 g/mol. The van der Waals surface area contributed by atoms with E-state index in [1.807, 2.05) is 0 Å². The number of likely N-dealkylation sites (N-methyl/N-ethyl adjacent to an activating group) is 1. The van der Waals surface area contributed by atoms with Crippen LogP contribution in [0.4, 0.5) is 0 Å². The molecule has 0 saturated heterocycles. The molecule has 0 bridgehead atoms.